The van der Waals surface area contributed by atoms with Crippen molar-refractivity contribution in [2.45, 2.75) is 95.6 Å². The van der Waals surface area contributed by atoms with Crippen molar-refractivity contribution >= 4 is 34.2 Å². The second-order valence-electron chi connectivity index (χ2n) is 16.1. The lowest BCUT2D eigenvalue weighted by molar-refractivity contribution is -0.256. The Kier molecular flexibility index (Phi) is 13.7. The minimum absolute atomic E-state index is 0.0103. The lowest BCUT2D eigenvalue weighted by atomic mass is 9.55. The summed E-state index contributed by atoms with van der Waals surface area (Å²) in [7, 11) is 0. The third kappa shape index (κ3) is 8.89. The summed E-state index contributed by atoms with van der Waals surface area (Å²) in [5, 5.41) is 37.6. The molecule has 2 aliphatic carbocycles. The van der Waals surface area contributed by atoms with Gasteiger partial charge in [-0.25, -0.2) is 4.79 Å². The van der Waals surface area contributed by atoms with Gasteiger partial charge in [0.15, 0.2) is 0 Å². The van der Waals surface area contributed by atoms with E-state index in [9.17, 15) is 20.1 Å². The van der Waals surface area contributed by atoms with E-state index in [1.54, 1.807) is 29.2 Å². The van der Waals surface area contributed by atoms with Crippen molar-refractivity contribution in [1.82, 2.24) is 4.90 Å². The Morgan fingerprint density at radius 3 is 2.54 bits per heavy atom. The van der Waals surface area contributed by atoms with Crippen LogP contribution in [0.2, 0.25) is 0 Å². The molecule has 0 saturated heterocycles. The predicted molar refractivity (Wildman–Crippen MR) is 219 cm³/mol. The number of nitrogens with zero attached hydrogens (tertiary/aromatic N) is 2. The van der Waals surface area contributed by atoms with E-state index in [0.29, 0.717) is 24.3 Å². The Morgan fingerprint density at radius 2 is 1.80 bits per heavy atom. The number of hydrogen-bond acceptors (Lipinski definition) is 9. The molecule has 10 nitrogen and oxygen atoms in total. The summed E-state index contributed by atoms with van der Waals surface area (Å²) in [4.78, 5) is 22.5. The van der Waals surface area contributed by atoms with Crippen LogP contribution in [-0.4, -0.2) is 81.8 Å². The van der Waals surface area contributed by atoms with Crippen molar-refractivity contribution in [3.05, 3.63) is 96.1 Å². The molecule has 11 heteroatoms. The third-order valence-electron chi connectivity index (χ3n) is 11.2. The van der Waals surface area contributed by atoms with Gasteiger partial charge in [-0.1, -0.05) is 72.6 Å². The molecule has 56 heavy (non-hydrogen) atoms. The standard InChI is InChI=1S/C45H57ClN2O8/c1-5-24-54-45-40(48(43(52)53-25-21-46)29-32-16-12-15-30-13-6-7-17-34(30)32)28-38(47-56-44(2,3)4)36-26-31(14-8-10-22-49)35(18-9-11-23-50)41(42(36)45)37-27-33(51)19-20-39(37)55-45/h5-7,12-13,15-17,19-20,26-27,31,35,40-42,49-51H,1,8-11,14,18,21-25,28-29H2,2-4H3/t31-,35+,40-,41+,42+,45+/m0/s1. The molecule has 0 unspecified atom stereocenters. The maximum atomic E-state index is 14.6. The number of allylic oxidation sites excluding steroid dienone is 1. The van der Waals surface area contributed by atoms with Crippen LogP contribution < -0.4 is 4.74 Å². The van der Waals surface area contributed by atoms with Crippen LogP contribution in [-0.2, 0) is 20.9 Å². The van der Waals surface area contributed by atoms with E-state index < -0.39 is 29.4 Å². The fraction of sp³-hybridized carbons (Fsp3) is 0.511. The zero-order valence-electron chi connectivity index (χ0n) is 32.9. The van der Waals surface area contributed by atoms with Crippen molar-refractivity contribution in [3.8, 4) is 11.5 Å². The Morgan fingerprint density at radius 1 is 1.05 bits per heavy atom. The third-order valence-corrected chi connectivity index (χ3v) is 11.4. The molecule has 302 valence electrons. The Labute approximate surface area is 335 Å². The quantitative estimate of drug-likeness (QED) is 0.0536. The van der Waals surface area contributed by atoms with Crippen molar-refractivity contribution in [2.24, 2.45) is 22.9 Å². The number of hydrogen-bond donors (Lipinski definition) is 3. The molecule has 6 rings (SSSR count). The highest BCUT2D eigenvalue weighted by atomic mass is 35.5. The summed E-state index contributed by atoms with van der Waals surface area (Å²) in [5.74, 6) is -1.33. The van der Waals surface area contributed by atoms with Crippen LogP contribution in [0, 0.1) is 17.8 Å². The highest BCUT2D eigenvalue weighted by Crippen LogP contribution is 2.62. The van der Waals surface area contributed by atoms with Gasteiger partial charge in [0.2, 0.25) is 5.79 Å². The molecule has 1 fully saturated rings. The number of fused-ring (bicyclic) bond motifs is 3. The monoisotopic (exact) mass is 788 g/mol. The van der Waals surface area contributed by atoms with E-state index >= 15 is 0 Å². The molecule has 0 aromatic heterocycles. The van der Waals surface area contributed by atoms with Crippen LogP contribution >= 0.6 is 11.6 Å². The fourth-order valence-corrected chi connectivity index (χ4v) is 9.05. The maximum Gasteiger partial charge on any atom is 0.410 e. The normalized spacial score (nSPS) is 24.8. The summed E-state index contributed by atoms with van der Waals surface area (Å²) in [5.41, 5.74) is 2.76. The van der Waals surface area contributed by atoms with E-state index in [-0.39, 0.29) is 68.8 Å². The van der Waals surface area contributed by atoms with Gasteiger partial charge in [0.25, 0.3) is 0 Å². The van der Waals surface area contributed by atoms with E-state index in [0.717, 1.165) is 53.2 Å². The van der Waals surface area contributed by atoms with Gasteiger partial charge in [-0.15, -0.1) is 18.2 Å². The number of benzene rings is 3. The second kappa shape index (κ2) is 18.4. The zero-order valence-corrected chi connectivity index (χ0v) is 33.6. The Bertz CT molecular complexity index is 1890. The Balaban J connectivity index is 1.62. The first-order valence-corrected chi connectivity index (χ1v) is 20.5. The minimum Gasteiger partial charge on any atom is -0.508 e. The average Bonchev–Trinajstić information content (AvgIpc) is 3.18. The molecular formula is C45H57ClN2O8. The second-order valence-corrected chi connectivity index (χ2v) is 16.4. The van der Waals surface area contributed by atoms with E-state index in [1.807, 2.05) is 63.2 Å². The van der Waals surface area contributed by atoms with Crippen LogP contribution in [0.15, 0.2) is 90.1 Å². The predicted octanol–water partition coefficient (Wildman–Crippen LogP) is 8.86. The van der Waals surface area contributed by atoms with Crippen molar-refractivity contribution < 1.29 is 39.2 Å². The molecule has 3 aliphatic rings. The highest BCUT2D eigenvalue weighted by Gasteiger charge is 2.65. The van der Waals surface area contributed by atoms with Crippen molar-refractivity contribution in [2.75, 3.05) is 32.3 Å². The number of alkyl halides is 1. The number of oxime groups is 1. The fourth-order valence-electron chi connectivity index (χ4n) is 8.97. The maximum absolute atomic E-state index is 14.6. The first-order valence-electron chi connectivity index (χ1n) is 20.0. The SMILES string of the molecule is C=CCO[C@@]12Oc3ccc(O)cc3[C@H]3[C@H](CCCCO)[C@@H](CCCCO)C=C(C(=NOC(C)(C)C)C[C@@H]1N(Cc1cccc4ccccc14)C(=O)OCCCl)[C@H]32. The van der Waals surface area contributed by atoms with Gasteiger partial charge < -0.3 is 34.4 Å². The first kappa shape index (κ1) is 41.5. The summed E-state index contributed by atoms with van der Waals surface area (Å²) in [6, 6.07) is 18.5. The van der Waals surface area contributed by atoms with Gasteiger partial charge in [-0.2, -0.15) is 0 Å². The highest BCUT2D eigenvalue weighted by molar-refractivity contribution is 6.18. The summed E-state index contributed by atoms with van der Waals surface area (Å²) >= 11 is 6.10. The largest absolute Gasteiger partial charge is 0.508 e. The Hall–Kier alpha value is -4.09. The number of aliphatic hydroxyl groups is 2. The summed E-state index contributed by atoms with van der Waals surface area (Å²) in [6.07, 6.45) is 8.17. The van der Waals surface area contributed by atoms with E-state index in [1.165, 1.54) is 0 Å². The summed E-state index contributed by atoms with van der Waals surface area (Å²) in [6.45, 7) is 10.3. The number of aliphatic hydroxyl groups excluding tert-OH is 2. The number of phenolic OH excluding ortho intramolecular Hbond substituents is 1. The van der Waals surface area contributed by atoms with Gasteiger partial charge in [0.05, 0.1) is 30.7 Å². The number of phenols is 1. The van der Waals surface area contributed by atoms with E-state index in [2.05, 4.69) is 12.7 Å². The van der Waals surface area contributed by atoms with Gasteiger partial charge in [0.1, 0.15) is 29.7 Å². The van der Waals surface area contributed by atoms with Crippen LogP contribution in [0.3, 0.4) is 0 Å². The molecule has 3 aromatic rings. The zero-order chi connectivity index (χ0) is 39.9. The lowest BCUT2D eigenvalue weighted by Crippen LogP contribution is -2.70. The molecular weight excluding hydrogens is 732 g/mol. The molecule has 0 spiro atoms. The number of amides is 1. The molecule has 1 aliphatic heterocycles. The number of ether oxygens (including phenoxy) is 3. The molecule has 1 amide bonds. The molecule has 0 bridgehead atoms. The molecule has 1 saturated carbocycles. The number of unbranched alkanes of at least 4 members (excludes halogenated alkanes) is 2. The number of carbonyl (C=O) groups is 1. The van der Waals surface area contributed by atoms with Crippen LogP contribution in [0.25, 0.3) is 10.8 Å². The molecule has 1 heterocycles. The van der Waals surface area contributed by atoms with Gasteiger partial charge in [-0.05, 0) is 98.4 Å². The van der Waals surface area contributed by atoms with Gasteiger partial charge >= 0.3 is 6.09 Å². The topological polar surface area (TPSA) is 130 Å². The number of carbonyl (C=O) groups excluding carboxylic acids is 1. The molecule has 0 radical (unpaired) electrons. The van der Waals surface area contributed by atoms with Crippen LogP contribution in [0.4, 0.5) is 4.79 Å². The average molecular weight is 789 g/mol. The number of rotatable bonds is 17. The lowest BCUT2D eigenvalue weighted by Gasteiger charge is -2.60. The minimum atomic E-state index is -1.47. The molecule has 6 atom stereocenters. The van der Waals surface area contributed by atoms with Crippen LogP contribution in [0.5, 0.6) is 11.5 Å². The van der Waals surface area contributed by atoms with Crippen molar-refractivity contribution in [1.29, 1.82) is 0 Å². The first-order chi connectivity index (χ1) is 27.0. The number of aromatic hydroxyl groups is 1. The van der Waals surface area contributed by atoms with Crippen molar-refractivity contribution in [3.63, 3.8) is 0 Å². The van der Waals surface area contributed by atoms with Gasteiger partial charge in [0, 0.05) is 31.1 Å². The smallest absolute Gasteiger partial charge is 0.410 e. The number of halogens is 1. The van der Waals surface area contributed by atoms with Gasteiger partial charge in [-0.3, -0.25) is 4.90 Å². The molecule has 3 N–H and O–H groups in total. The molecule has 3 aromatic carbocycles. The van der Waals surface area contributed by atoms with E-state index in [4.69, 9.17) is 35.8 Å². The summed E-state index contributed by atoms with van der Waals surface area (Å²) < 4.78 is 20.1. The van der Waals surface area contributed by atoms with Crippen LogP contribution in [0.1, 0.15) is 82.8 Å².